The zero-order valence-corrected chi connectivity index (χ0v) is 18.4. The number of pyridine rings is 1. The van der Waals surface area contributed by atoms with Crippen molar-refractivity contribution in [2.45, 2.75) is 10.6 Å². The summed E-state index contributed by atoms with van der Waals surface area (Å²) in [4.78, 5) is 29.2. The summed E-state index contributed by atoms with van der Waals surface area (Å²) >= 11 is 0. The van der Waals surface area contributed by atoms with E-state index in [1.807, 2.05) is 0 Å². The van der Waals surface area contributed by atoms with E-state index in [9.17, 15) is 22.4 Å². The first-order valence-corrected chi connectivity index (χ1v) is 11.7. The van der Waals surface area contributed by atoms with Crippen LogP contribution in [0.2, 0.25) is 0 Å². The van der Waals surface area contributed by atoms with Gasteiger partial charge < -0.3 is 15.1 Å². The third kappa shape index (κ3) is 5.36. The standard InChI is InChI=1S/C24H18FN3O5S/c25-16-9-11-19(27-23(29)20-8-4-5-13-26-20)21(14-16)28-24(30)22-12-10-17(33-22)15-34(31,32)18-6-2-1-3-7-18/h1-14H,15H2,(H,27,29)(H,28,30). The zero-order valence-electron chi connectivity index (χ0n) is 17.6. The van der Waals surface area contributed by atoms with Crippen molar-refractivity contribution in [3.05, 3.63) is 108 Å². The second-order valence-electron chi connectivity index (χ2n) is 7.15. The van der Waals surface area contributed by atoms with Gasteiger partial charge in [-0.15, -0.1) is 0 Å². The fourth-order valence-corrected chi connectivity index (χ4v) is 4.34. The summed E-state index contributed by atoms with van der Waals surface area (Å²) in [5.74, 6) is -2.48. The summed E-state index contributed by atoms with van der Waals surface area (Å²) in [5.41, 5.74) is 0.271. The van der Waals surface area contributed by atoms with E-state index < -0.39 is 33.2 Å². The molecule has 2 aromatic heterocycles. The van der Waals surface area contributed by atoms with Crippen molar-refractivity contribution in [1.82, 2.24) is 4.98 Å². The number of carbonyl (C=O) groups is 2. The molecule has 0 aliphatic rings. The van der Waals surface area contributed by atoms with Crippen molar-refractivity contribution in [2.75, 3.05) is 10.6 Å². The van der Waals surface area contributed by atoms with Gasteiger partial charge in [-0.25, -0.2) is 12.8 Å². The number of benzene rings is 2. The second kappa shape index (κ2) is 9.67. The molecule has 2 heterocycles. The molecule has 34 heavy (non-hydrogen) atoms. The van der Waals surface area contributed by atoms with Crippen LogP contribution in [0.5, 0.6) is 0 Å². The highest BCUT2D eigenvalue weighted by atomic mass is 32.2. The Morgan fingerprint density at radius 2 is 1.59 bits per heavy atom. The number of aromatic nitrogens is 1. The highest BCUT2D eigenvalue weighted by Crippen LogP contribution is 2.25. The molecule has 0 fully saturated rings. The van der Waals surface area contributed by atoms with Gasteiger partial charge in [0.1, 0.15) is 23.0 Å². The smallest absolute Gasteiger partial charge is 0.291 e. The van der Waals surface area contributed by atoms with Crippen LogP contribution < -0.4 is 10.6 Å². The summed E-state index contributed by atoms with van der Waals surface area (Å²) in [7, 11) is -3.67. The molecule has 0 atom stereocenters. The molecule has 2 N–H and O–H groups in total. The Balaban J connectivity index is 1.50. The van der Waals surface area contributed by atoms with Crippen LogP contribution in [0, 0.1) is 5.82 Å². The molecule has 0 radical (unpaired) electrons. The zero-order chi connectivity index (χ0) is 24.1. The van der Waals surface area contributed by atoms with E-state index >= 15 is 0 Å². The van der Waals surface area contributed by atoms with Crippen molar-refractivity contribution in [2.24, 2.45) is 0 Å². The molecular weight excluding hydrogens is 461 g/mol. The van der Waals surface area contributed by atoms with Crippen LogP contribution in [0.4, 0.5) is 15.8 Å². The Kier molecular flexibility index (Phi) is 6.51. The molecule has 8 nitrogen and oxygen atoms in total. The minimum Gasteiger partial charge on any atom is -0.455 e. The lowest BCUT2D eigenvalue weighted by molar-refractivity contribution is 0.0991. The maximum absolute atomic E-state index is 13.8. The number of amides is 2. The van der Waals surface area contributed by atoms with Crippen molar-refractivity contribution >= 4 is 33.0 Å². The van der Waals surface area contributed by atoms with E-state index in [-0.39, 0.29) is 33.5 Å². The van der Waals surface area contributed by atoms with Crippen LogP contribution in [-0.4, -0.2) is 25.2 Å². The number of carbonyl (C=O) groups excluding carboxylic acids is 2. The topological polar surface area (TPSA) is 118 Å². The van der Waals surface area contributed by atoms with Crippen LogP contribution in [-0.2, 0) is 15.6 Å². The first kappa shape index (κ1) is 22.9. The summed E-state index contributed by atoms with van der Waals surface area (Å²) in [5, 5.41) is 5.05. The molecule has 0 aliphatic heterocycles. The second-order valence-corrected chi connectivity index (χ2v) is 9.14. The largest absolute Gasteiger partial charge is 0.455 e. The molecular formula is C24H18FN3O5S. The number of nitrogens with zero attached hydrogens (tertiary/aromatic N) is 1. The number of anilines is 2. The molecule has 0 spiro atoms. The van der Waals surface area contributed by atoms with Gasteiger partial charge in [0.05, 0.1) is 16.3 Å². The van der Waals surface area contributed by atoms with Gasteiger partial charge in [-0.1, -0.05) is 24.3 Å². The van der Waals surface area contributed by atoms with Gasteiger partial charge >= 0.3 is 0 Å². The van der Waals surface area contributed by atoms with Crippen molar-refractivity contribution < 1.29 is 26.8 Å². The summed E-state index contributed by atoms with van der Waals surface area (Å²) in [6.45, 7) is 0. The highest BCUT2D eigenvalue weighted by molar-refractivity contribution is 7.90. The normalized spacial score (nSPS) is 11.1. The molecule has 172 valence electrons. The maximum atomic E-state index is 13.8. The van der Waals surface area contributed by atoms with E-state index in [0.717, 1.165) is 12.1 Å². The fraction of sp³-hybridized carbons (Fsp3) is 0.0417. The predicted molar refractivity (Wildman–Crippen MR) is 123 cm³/mol. The average molecular weight is 479 g/mol. The predicted octanol–water partition coefficient (Wildman–Crippen LogP) is 4.29. The number of sulfone groups is 1. The first-order chi connectivity index (χ1) is 16.3. The van der Waals surface area contributed by atoms with Gasteiger partial charge in [0.2, 0.25) is 0 Å². The summed E-state index contributed by atoms with van der Waals surface area (Å²) in [6, 6.07) is 18.8. The number of nitrogens with one attached hydrogen (secondary N) is 2. The molecule has 2 amide bonds. The van der Waals surface area contributed by atoms with E-state index in [1.54, 1.807) is 30.3 Å². The lowest BCUT2D eigenvalue weighted by atomic mass is 10.2. The quantitative estimate of drug-likeness (QED) is 0.408. The lowest BCUT2D eigenvalue weighted by Gasteiger charge is -2.12. The Labute approximate surface area is 194 Å². The number of halogens is 1. The van der Waals surface area contributed by atoms with E-state index in [2.05, 4.69) is 15.6 Å². The van der Waals surface area contributed by atoms with Gasteiger partial charge in [0, 0.05) is 6.20 Å². The maximum Gasteiger partial charge on any atom is 0.291 e. The van der Waals surface area contributed by atoms with Crippen LogP contribution in [0.25, 0.3) is 0 Å². The Hall–Kier alpha value is -4.31. The molecule has 0 saturated heterocycles. The fourth-order valence-electron chi connectivity index (χ4n) is 3.07. The van der Waals surface area contributed by atoms with Gasteiger partial charge in [-0.3, -0.25) is 14.6 Å². The van der Waals surface area contributed by atoms with Crippen molar-refractivity contribution in [3.8, 4) is 0 Å². The SMILES string of the molecule is O=C(Nc1ccc(F)cc1NC(=O)c1ccc(CS(=O)(=O)c2ccccc2)o1)c1ccccn1. The molecule has 2 aromatic carbocycles. The van der Waals surface area contributed by atoms with Crippen molar-refractivity contribution in [3.63, 3.8) is 0 Å². The number of hydrogen-bond donors (Lipinski definition) is 2. The Morgan fingerprint density at radius 1 is 0.853 bits per heavy atom. The molecule has 0 aliphatic carbocycles. The van der Waals surface area contributed by atoms with E-state index in [0.29, 0.717) is 0 Å². The van der Waals surface area contributed by atoms with Crippen LogP contribution in [0.1, 0.15) is 26.8 Å². The third-order valence-electron chi connectivity index (χ3n) is 4.70. The monoisotopic (exact) mass is 479 g/mol. The minimum atomic E-state index is -3.67. The summed E-state index contributed by atoms with van der Waals surface area (Å²) < 4.78 is 44.3. The van der Waals surface area contributed by atoms with Crippen LogP contribution >= 0.6 is 0 Å². The number of furan rings is 1. The molecule has 4 rings (SSSR count). The van der Waals surface area contributed by atoms with Gasteiger partial charge in [0.15, 0.2) is 15.6 Å². The van der Waals surface area contributed by atoms with Gasteiger partial charge in [-0.05, 0) is 54.6 Å². The minimum absolute atomic E-state index is 0.0101. The lowest BCUT2D eigenvalue weighted by Crippen LogP contribution is -2.17. The highest BCUT2D eigenvalue weighted by Gasteiger charge is 2.20. The number of rotatable bonds is 7. The Morgan fingerprint density at radius 3 is 2.32 bits per heavy atom. The number of hydrogen-bond acceptors (Lipinski definition) is 6. The van der Waals surface area contributed by atoms with E-state index in [4.69, 9.17) is 4.42 Å². The average Bonchev–Trinajstić information content (AvgIpc) is 3.30. The third-order valence-corrected chi connectivity index (χ3v) is 6.35. The molecule has 4 aromatic rings. The molecule has 0 bridgehead atoms. The first-order valence-electron chi connectivity index (χ1n) is 10.0. The van der Waals surface area contributed by atoms with Crippen LogP contribution in [0.15, 0.2) is 94.4 Å². The summed E-state index contributed by atoms with van der Waals surface area (Å²) in [6.07, 6.45) is 1.45. The molecule has 0 unspecified atom stereocenters. The molecule has 0 saturated carbocycles. The van der Waals surface area contributed by atoms with E-state index in [1.165, 1.54) is 42.6 Å². The Bertz CT molecular complexity index is 1440. The van der Waals surface area contributed by atoms with Gasteiger partial charge in [-0.2, -0.15) is 0 Å². The van der Waals surface area contributed by atoms with Gasteiger partial charge in [0.25, 0.3) is 11.8 Å². The van der Waals surface area contributed by atoms with Crippen molar-refractivity contribution in [1.29, 1.82) is 0 Å². The molecule has 10 heteroatoms. The van der Waals surface area contributed by atoms with Crippen LogP contribution in [0.3, 0.4) is 0 Å².